The predicted octanol–water partition coefficient (Wildman–Crippen LogP) is 1.27. The molecule has 3 aliphatic heterocycles. The van der Waals surface area contributed by atoms with Crippen LogP contribution in [0.25, 0.3) is 0 Å². The zero-order valence-corrected chi connectivity index (χ0v) is 9.78. The van der Waals surface area contributed by atoms with Crippen LogP contribution >= 0.6 is 0 Å². The van der Waals surface area contributed by atoms with Gasteiger partial charge in [-0.3, -0.25) is 0 Å². The molecule has 1 saturated carbocycles. The molecule has 1 N–H and O–H groups in total. The molecule has 0 aromatic heterocycles. The molecule has 4 rings (SSSR count). The number of fused-ring (bicyclic) bond motifs is 3. The first-order chi connectivity index (χ1) is 7.62. The third-order valence-corrected chi connectivity index (χ3v) is 4.06. The maximum Gasteiger partial charge on any atom is 0.285 e. The van der Waals surface area contributed by atoms with Gasteiger partial charge in [-0.05, 0) is 25.7 Å². The van der Waals surface area contributed by atoms with E-state index in [1.54, 1.807) is 0 Å². The van der Waals surface area contributed by atoms with Crippen molar-refractivity contribution in [3.05, 3.63) is 0 Å². The van der Waals surface area contributed by atoms with Crippen molar-refractivity contribution in [1.29, 1.82) is 0 Å². The van der Waals surface area contributed by atoms with E-state index < -0.39 is 5.97 Å². The van der Waals surface area contributed by atoms with E-state index in [1.165, 1.54) is 0 Å². The smallest absolute Gasteiger partial charge is 0.285 e. The Kier molecular flexibility index (Phi) is 2.51. The monoisotopic (exact) mass is 228 g/mol. The second-order valence-corrected chi connectivity index (χ2v) is 5.79. The Morgan fingerprint density at radius 3 is 1.94 bits per heavy atom. The van der Waals surface area contributed by atoms with E-state index in [1.807, 2.05) is 0 Å². The molecule has 3 saturated heterocycles. The minimum absolute atomic E-state index is 0.0376. The Morgan fingerprint density at radius 2 is 1.44 bits per heavy atom. The average Bonchev–Trinajstić information content (AvgIpc) is 2.31. The highest BCUT2D eigenvalue weighted by atomic mass is 16.9. The minimum atomic E-state index is -0.794. The SMILES string of the molecule is CC12COC(C3CCC(O)CC3)(OC1)OC2. The molecule has 0 spiro atoms. The summed E-state index contributed by atoms with van der Waals surface area (Å²) in [7, 11) is 0. The van der Waals surface area contributed by atoms with E-state index in [0.29, 0.717) is 0 Å². The van der Waals surface area contributed by atoms with Crippen molar-refractivity contribution in [1.82, 2.24) is 0 Å². The van der Waals surface area contributed by atoms with Gasteiger partial charge in [0.25, 0.3) is 5.97 Å². The van der Waals surface area contributed by atoms with Gasteiger partial charge >= 0.3 is 0 Å². The molecule has 0 amide bonds. The molecule has 0 unspecified atom stereocenters. The summed E-state index contributed by atoms with van der Waals surface area (Å²) in [6.07, 6.45) is 3.38. The summed E-state index contributed by atoms with van der Waals surface area (Å²) >= 11 is 0. The van der Waals surface area contributed by atoms with Crippen LogP contribution in [-0.4, -0.2) is 37.0 Å². The summed E-state index contributed by atoms with van der Waals surface area (Å²) in [6.45, 7) is 4.31. The number of aliphatic hydroxyl groups excluding tert-OH is 1. The van der Waals surface area contributed by atoms with Crippen molar-refractivity contribution in [3.63, 3.8) is 0 Å². The lowest BCUT2D eigenvalue weighted by atomic mass is 9.83. The number of aliphatic hydroxyl groups is 1. The maximum absolute atomic E-state index is 9.51. The first kappa shape index (κ1) is 11.0. The Morgan fingerprint density at radius 1 is 0.938 bits per heavy atom. The van der Waals surface area contributed by atoms with E-state index in [9.17, 15) is 5.11 Å². The van der Waals surface area contributed by atoms with Gasteiger partial charge in [-0.2, -0.15) is 0 Å². The van der Waals surface area contributed by atoms with Gasteiger partial charge in [-0.25, -0.2) is 0 Å². The first-order valence-corrected chi connectivity index (χ1v) is 6.22. The van der Waals surface area contributed by atoms with Crippen LogP contribution in [-0.2, 0) is 14.2 Å². The second kappa shape index (κ2) is 3.67. The molecule has 0 atom stereocenters. The van der Waals surface area contributed by atoms with Crippen LogP contribution in [0.3, 0.4) is 0 Å². The summed E-state index contributed by atoms with van der Waals surface area (Å²) in [5.41, 5.74) is 0.0376. The van der Waals surface area contributed by atoms with Crippen LogP contribution in [0, 0.1) is 11.3 Å². The lowest BCUT2D eigenvalue weighted by Crippen LogP contribution is -2.62. The molecule has 1 aliphatic carbocycles. The maximum atomic E-state index is 9.51. The van der Waals surface area contributed by atoms with Crippen LogP contribution in [0.4, 0.5) is 0 Å². The van der Waals surface area contributed by atoms with E-state index in [4.69, 9.17) is 14.2 Å². The molecular weight excluding hydrogens is 208 g/mol. The largest absolute Gasteiger partial charge is 0.393 e. The van der Waals surface area contributed by atoms with Crippen molar-refractivity contribution < 1.29 is 19.3 Å². The van der Waals surface area contributed by atoms with Crippen molar-refractivity contribution >= 4 is 0 Å². The molecule has 4 heteroatoms. The fraction of sp³-hybridized carbons (Fsp3) is 1.00. The van der Waals surface area contributed by atoms with E-state index >= 15 is 0 Å². The summed E-state index contributed by atoms with van der Waals surface area (Å²) in [5.74, 6) is -0.515. The fourth-order valence-corrected chi connectivity index (χ4v) is 2.86. The third kappa shape index (κ3) is 1.68. The Hall–Kier alpha value is -0.160. The summed E-state index contributed by atoms with van der Waals surface area (Å²) in [4.78, 5) is 0. The fourth-order valence-electron chi connectivity index (χ4n) is 2.86. The van der Waals surface area contributed by atoms with Crippen molar-refractivity contribution in [3.8, 4) is 0 Å². The predicted molar refractivity (Wildman–Crippen MR) is 56.7 cm³/mol. The van der Waals surface area contributed by atoms with Crippen molar-refractivity contribution in [2.75, 3.05) is 19.8 Å². The summed E-state index contributed by atoms with van der Waals surface area (Å²) in [6, 6.07) is 0. The summed E-state index contributed by atoms with van der Waals surface area (Å²) < 4.78 is 17.4. The molecule has 2 bridgehead atoms. The molecule has 92 valence electrons. The van der Waals surface area contributed by atoms with Gasteiger partial charge in [0.2, 0.25) is 0 Å². The van der Waals surface area contributed by atoms with Gasteiger partial charge in [0.05, 0.1) is 25.9 Å². The number of rotatable bonds is 1. The Labute approximate surface area is 95.9 Å². The van der Waals surface area contributed by atoms with Crippen LogP contribution in [0.2, 0.25) is 0 Å². The lowest BCUT2D eigenvalue weighted by Gasteiger charge is -2.54. The van der Waals surface area contributed by atoms with Crippen molar-refractivity contribution in [2.24, 2.45) is 11.3 Å². The van der Waals surface area contributed by atoms with Crippen LogP contribution in [0.15, 0.2) is 0 Å². The normalized spacial score (nSPS) is 52.9. The molecule has 0 aromatic rings. The summed E-state index contributed by atoms with van der Waals surface area (Å²) in [5, 5.41) is 9.51. The number of hydrogen-bond donors (Lipinski definition) is 1. The highest BCUT2D eigenvalue weighted by Gasteiger charge is 2.54. The van der Waals surface area contributed by atoms with Crippen LogP contribution in [0.1, 0.15) is 32.6 Å². The molecule has 3 heterocycles. The van der Waals surface area contributed by atoms with Gasteiger partial charge in [0.1, 0.15) is 0 Å². The molecule has 0 aromatic carbocycles. The topological polar surface area (TPSA) is 47.9 Å². The van der Waals surface area contributed by atoms with Gasteiger partial charge < -0.3 is 19.3 Å². The Balaban J connectivity index is 1.70. The number of hydrogen-bond acceptors (Lipinski definition) is 4. The highest BCUT2D eigenvalue weighted by molar-refractivity contribution is 4.89. The quantitative estimate of drug-likeness (QED) is 0.734. The molecule has 4 aliphatic rings. The molecule has 0 radical (unpaired) electrons. The lowest BCUT2D eigenvalue weighted by molar-refractivity contribution is -0.486. The van der Waals surface area contributed by atoms with E-state index in [-0.39, 0.29) is 17.4 Å². The zero-order valence-electron chi connectivity index (χ0n) is 9.78. The third-order valence-electron chi connectivity index (χ3n) is 4.06. The van der Waals surface area contributed by atoms with Gasteiger partial charge in [-0.1, -0.05) is 6.92 Å². The number of ether oxygens (including phenoxy) is 3. The first-order valence-electron chi connectivity index (χ1n) is 6.22. The zero-order chi connectivity index (χ0) is 11.2. The van der Waals surface area contributed by atoms with E-state index in [2.05, 4.69) is 6.92 Å². The van der Waals surface area contributed by atoms with E-state index in [0.717, 1.165) is 45.5 Å². The van der Waals surface area contributed by atoms with Gasteiger partial charge in [0.15, 0.2) is 0 Å². The van der Waals surface area contributed by atoms with Crippen LogP contribution < -0.4 is 0 Å². The van der Waals surface area contributed by atoms with Crippen LogP contribution in [0.5, 0.6) is 0 Å². The second-order valence-electron chi connectivity index (χ2n) is 5.79. The molecule has 4 fully saturated rings. The Bertz CT molecular complexity index is 246. The molecule has 4 nitrogen and oxygen atoms in total. The van der Waals surface area contributed by atoms with Crippen molar-refractivity contribution in [2.45, 2.75) is 44.7 Å². The molecule has 16 heavy (non-hydrogen) atoms. The molecular formula is C12H20O4. The average molecular weight is 228 g/mol. The van der Waals surface area contributed by atoms with Gasteiger partial charge in [-0.15, -0.1) is 0 Å². The minimum Gasteiger partial charge on any atom is -0.393 e. The highest BCUT2D eigenvalue weighted by Crippen LogP contribution is 2.46. The standard InChI is InChI=1S/C12H20O4/c1-11-6-14-12(15-7-11,16-8-11)9-2-4-10(13)5-3-9/h9-10,13H,2-8H2,1H3. The van der Waals surface area contributed by atoms with Gasteiger partial charge in [0, 0.05) is 11.3 Å².